The monoisotopic (exact) mass is 324 g/mol. The normalized spacial score (nSPS) is 22.3. The number of carbonyl (C=O) groups is 3. The van der Waals surface area contributed by atoms with Crippen molar-refractivity contribution in [2.24, 2.45) is 5.73 Å². The van der Waals surface area contributed by atoms with Gasteiger partial charge in [0.25, 0.3) is 0 Å². The Bertz CT molecular complexity index is 449. The molecule has 3 N–H and O–H groups in total. The molecule has 0 aromatic heterocycles. The lowest BCUT2D eigenvalue weighted by atomic mass is 10.1. The first-order valence-corrected chi connectivity index (χ1v) is 8.53. The number of hydrogen-bond donors (Lipinski definition) is 2. The Morgan fingerprint density at radius 2 is 1.83 bits per heavy atom. The van der Waals surface area contributed by atoms with Crippen molar-refractivity contribution in [1.29, 1.82) is 0 Å². The molecule has 23 heavy (non-hydrogen) atoms. The summed E-state index contributed by atoms with van der Waals surface area (Å²) >= 11 is 0. The van der Waals surface area contributed by atoms with Gasteiger partial charge in [-0.3, -0.25) is 19.3 Å². The fourth-order valence-electron chi connectivity index (χ4n) is 3.67. The lowest BCUT2D eigenvalue weighted by Crippen LogP contribution is -2.53. The summed E-state index contributed by atoms with van der Waals surface area (Å²) in [6.07, 6.45) is 6.11. The Morgan fingerprint density at radius 3 is 2.43 bits per heavy atom. The molecule has 1 heterocycles. The van der Waals surface area contributed by atoms with Crippen LogP contribution < -0.4 is 11.1 Å². The molecule has 7 nitrogen and oxygen atoms in total. The van der Waals surface area contributed by atoms with Gasteiger partial charge in [-0.15, -0.1) is 0 Å². The van der Waals surface area contributed by atoms with Crippen molar-refractivity contribution < 1.29 is 14.4 Å². The highest BCUT2D eigenvalue weighted by Crippen LogP contribution is 2.23. The maximum absolute atomic E-state index is 12.6. The second kappa shape index (κ2) is 8.29. The van der Waals surface area contributed by atoms with E-state index in [9.17, 15) is 14.4 Å². The van der Waals surface area contributed by atoms with Gasteiger partial charge in [0.05, 0.1) is 13.1 Å². The minimum Gasteiger partial charge on any atom is -0.369 e. The summed E-state index contributed by atoms with van der Waals surface area (Å²) in [5.74, 6) is -0.432. The maximum Gasteiger partial charge on any atom is 0.236 e. The van der Waals surface area contributed by atoms with Crippen LogP contribution in [0.5, 0.6) is 0 Å². The Hall–Kier alpha value is -1.63. The molecule has 1 aliphatic heterocycles. The Kier molecular flexibility index (Phi) is 6.38. The Labute approximate surface area is 137 Å². The lowest BCUT2D eigenvalue weighted by molar-refractivity contribution is -0.135. The molecule has 1 atom stereocenters. The minimum atomic E-state index is -0.389. The van der Waals surface area contributed by atoms with Crippen molar-refractivity contribution >= 4 is 17.7 Å². The molecule has 1 saturated heterocycles. The van der Waals surface area contributed by atoms with Gasteiger partial charge in [-0.1, -0.05) is 12.8 Å². The van der Waals surface area contributed by atoms with Gasteiger partial charge in [0, 0.05) is 32.1 Å². The number of primary amides is 1. The van der Waals surface area contributed by atoms with Gasteiger partial charge < -0.3 is 16.0 Å². The van der Waals surface area contributed by atoms with Crippen LogP contribution in [-0.2, 0) is 14.4 Å². The molecule has 0 bridgehead atoms. The van der Waals surface area contributed by atoms with Crippen LogP contribution in [-0.4, -0.2) is 65.8 Å². The summed E-state index contributed by atoms with van der Waals surface area (Å²) in [7, 11) is 0. The first kappa shape index (κ1) is 17.7. The van der Waals surface area contributed by atoms with Crippen LogP contribution in [0.25, 0.3) is 0 Å². The number of likely N-dealkylation sites (tertiary alicyclic amines) is 1. The van der Waals surface area contributed by atoms with Crippen LogP contribution in [0.1, 0.15) is 45.4 Å². The van der Waals surface area contributed by atoms with E-state index in [0.29, 0.717) is 13.1 Å². The van der Waals surface area contributed by atoms with Gasteiger partial charge in [0.15, 0.2) is 0 Å². The summed E-state index contributed by atoms with van der Waals surface area (Å²) in [4.78, 5) is 38.8. The van der Waals surface area contributed by atoms with Gasteiger partial charge in [0.2, 0.25) is 17.7 Å². The zero-order valence-corrected chi connectivity index (χ0v) is 13.9. The molecule has 0 radical (unpaired) electrons. The zero-order valence-electron chi connectivity index (χ0n) is 13.9. The fourth-order valence-corrected chi connectivity index (χ4v) is 3.67. The second-order valence-corrected chi connectivity index (χ2v) is 6.69. The molecule has 1 aliphatic carbocycles. The van der Waals surface area contributed by atoms with Gasteiger partial charge in [-0.05, 0) is 25.7 Å². The van der Waals surface area contributed by atoms with Crippen molar-refractivity contribution in [3.63, 3.8) is 0 Å². The van der Waals surface area contributed by atoms with Gasteiger partial charge in [-0.2, -0.15) is 0 Å². The van der Waals surface area contributed by atoms with Crippen molar-refractivity contribution in [3.05, 3.63) is 0 Å². The van der Waals surface area contributed by atoms with Crippen molar-refractivity contribution in [1.82, 2.24) is 15.1 Å². The lowest BCUT2D eigenvalue weighted by Gasteiger charge is -2.35. The van der Waals surface area contributed by atoms with Crippen LogP contribution in [0.3, 0.4) is 0 Å². The molecule has 7 heteroatoms. The molecule has 0 aromatic rings. The quantitative estimate of drug-likeness (QED) is 0.710. The summed E-state index contributed by atoms with van der Waals surface area (Å²) < 4.78 is 0. The largest absolute Gasteiger partial charge is 0.369 e. The predicted octanol–water partition coefficient (Wildman–Crippen LogP) is -0.157. The van der Waals surface area contributed by atoms with Crippen LogP contribution in [0.2, 0.25) is 0 Å². The maximum atomic E-state index is 12.6. The summed E-state index contributed by atoms with van der Waals surface area (Å²) in [6.45, 7) is 3.13. The summed E-state index contributed by atoms with van der Waals surface area (Å²) in [5, 5.41) is 2.89. The highest BCUT2D eigenvalue weighted by Gasteiger charge is 2.29. The fraction of sp³-hybridized carbons (Fsp3) is 0.812. The molecule has 130 valence electrons. The number of nitrogens with two attached hydrogens (primary N) is 1. The molecular weight excluding hydrogens is 296 g/mol. The average Bonchev–Trinajstić information content (AvgIpc) is 2.99. The third-order valence-corrected chi connectivity index (χ3v) is 4.72. The molecule has 0 unspecified atom stereocenters. The molecular formula is C16H28N4O3. The van der Waals surface area contributed by atoms with E-state index in [2.05, 4.69) is 5.32 Å². The highest BCUT2D eigenvalue weighted by molar-refractivity contribution is 5.81. The standard InChI is InChI=1S/C16H28N4O3/c1-12(21)18-13-5-4-8-19(9-13)16(23)11-20(10-15(17)22)14-6-2-3-7-14/h13-14H,2-11H2,1H3,(H2,17,22)(H,18,21)/t13-/m0/s1. The van der Waals surface area contributed by atoms with E-state index in [0.717, 1.165) is 38.5 Å². The smallest absolute Gasteiger partial charge is 0.236 e. The third-order valence-electron chi connectivity index (χ3n) is 4.72. The number of nitrogens with one attached hydrogen (secondary N) is 1. The van der Waals surface area contributed by atoms with E-state index < -0.39 is 0 Å². The van der Waals surface area contributed by atoms with E-state index in [1.54, 1.807) is 4.90 Å². The van der Waals surface area contributed by atoms with Crippen molar-refractivity contribution in [2.45, 2.75) is 57.5 Å². The van der Waals surface area contributed by atoms with Crippen LogP contribution in [0.4, 0.5) is 0 Å². The number of rotatable bonds is 6. The number of hydrogen-bond acceptors (Lipinski definition) is 4. The molecule has 3 amide bonds. The van der Waals surface area contributed by atoms with Crippen LogP contribution >= 0.6 is 0 Å². The van der Waals surface area contributed by atoms with E-state index in [4.69, 9.17) is 5.73 Å². The highest BCUT2D eigenvalue weighted by atomic mass is 16.2. The third kappa shape index (κ3) is 5.49. The van der Waals surface area contributed by atoms with E-state index in [-0.39, 0.29) is 42.9 Å². The second-order valence-electron chi connectivity index (χ2n) is 6.69. The number of piperidine rings is 1. The average molecular weight is 324 g/mol. The molecule has 2 rings (SSSR count). The predicted molar refractivity (Wildman–Crippen MR) is 86.4 cm³/mol. The van der Waals surface area contributed by atoms with Crippen molar-refractivity contribution in [2.75, 3.05) is 26.2 Å². The van der Waals surface area contributed by atoms with E-state index in [1.807, 2.05) is 4.90 Å². The SMILES string of the molecule is CC(=O)N[C@H]1CCCN(C(=O)CN(CC(N)=O)C2CCCC2)C1. The molecule has 0 spiro atoms. The molecule has 0 aromatic carbocycles. The van der Waals surface area contributed by atoms with Crippen LogP contribution in [0, 0.1) is 0 Å². The topological polar surface area (TPSA) is 95.7 Å². The summed E-state index contributed by atoms with van der Waals surface area (Å²) in [6, 6.07) is 0.309. The molecule has 2 aliphatic rings. The van der Waals surface area contributed by atoms with E-state index >= 15 is 0 Å². The molecule has 2 fully saturated rings. The van der Waals surface area contributed by atoms with Crippen molar-refractivity contribution in [3.8, 4) is 0 Å². The zero-order chi connectivity index (χ0) is 16.8. The Balaban J connectivity index is 1.91. The summed E-state index contributed by atoms with van der Waals surface area (Å²) in [5.41, 5.74) is 5.34. The molecule has 1 saturated carbocycles. The number of amides is 3. The first-order valence-electron chi connectivity index (χ1n) is 8.53. The van der Waals surface area contributed by atoms with Crippen LogP contribution in [0.15, 0.2) is 0 Å². The van der Waals surface area contributed by atoms with Gasteiger partial charge >= 0.3 is 0 Å². The van der Waals surface area contributed by atoms with E-state index in [1.165, 1.54) is 6.92 Å². The number of nitrogens with zero attached hydrogens (tertiary/aromatic N) is 2. The number of carbonyl (C=O) groups excluding carboxylic acids is 3. The Morgan fingerprint density at radius 1 is 1.13 bits per heavy atom. The van der Waals surface area contributed by atoms with Gasteiger partial charge in [0.1, 0.15) is 0 Å². The minimum absolute atomic E-state index is 0.0215. The van der Waals surface area contributed by atoms with Gasteiger partial charge in [-0.25, -0.2) is 0 Å². The first-order chi connectivity index (χ1) is 11.0.